The second-order valence-electron chi connectivity index (χ2n) is 4.95. The number of para-hydroxylation sites is 1. The van der Waals surface area contributed by atoms with Crippen LogP contribution in [-0.2, 0) is 0 Å². The number of aromatic hydroxyl groups is 1. The van der Waals surface area contributed by atoms with Gasteiger partial charge in [0.25, 0.3) is 6.19 Å². The Kier molecular flexibility index (Phi) is 7.48. The van der Waals surface area contributed by atoms with Crippen LogP contribution in [0, 0.1) is 21.6 Å². The largest absolute Gasteiger partial charge is 0.503 e. The van der Waals surface area contributed by atoms with Gasteiger partial charge in [0.05, 0.1) is 35.5 Å². The molecule has 0 atom stereocenters. The number of methoxy groups -OCH3 is 1. The van der Waals surface area contributed by atoms with Gasteiger partial charge >= 0.3 is 0 Å². The SMILES string of the molecule is CCOc1c(OC)c(O)c(SN(C#N)[N+](=O)[O-])c(SC)c1Oc1ccccc1. The van der Waals surface area contributed by atoms with Crippen LogP contribution in [-0.4, -0.2) is 34.5 Å². The minimum atomic E-state index is -0.894. The summed E-state index contributed by atoms with van der Waals surface area (Å²) in [7, 11) is 1.33. The molecule has 0 amide bonds. The molecule has 0 bridgehead atoms. The Hall–Kier alpha value is -2.97. The van der Waals surface area contributed by atoms with E-state index in [1.807, 2.05) is 6.07 Å². The van der Waals surface area contributed by atoms with Gasteiger partial charge < -0.3 is 19.3 Å². The number of phenols is 1. The highest BCUT2D eigenvalue weighted by Gasteiger charge is 2.31. The van der Waals surface area contributed by atoms with E-state index in [0.29, 0.717) is 22.6 Å². The van der Waals surface area contributed by atoms with Gasteiger partial charge in [-0.05, 0) is 25.3 Å². The van der Waals surface area contributed by atoms with Crippen molar-refractivity contribution < 1.29 is 24.3 Å². The first kappa shape index (κ1) is 21.3. The summed E-state index contributed by atoms with van der Waals surface area (Å²) in [5, 5.41) is 29.9. The number of hydrogen-bond donors (Lipinski definition) is 1. The van der Waals surface area contributed by atoms with Crippen molar-refractivity contribution in [2.45, 2.75) is 16.7 Å². The van der Waals surface area contributed by atoms with Crippen LogP contribution >= 0.6 is 23.7 Å². The smallest absolute Gasteiger partial charge is 0.259 e. The Bertz CT molecular complexity index is 889. The van der Waals surface area contributed by atoms with Crippen molar-refractivity contribution in [3.05, 3.63) is 40.4 Å². The Morgan fingerprint density at radius 1 is 1.25 bits per heavy atom. The molecule has 0 unspecified atom stereocenters. The molecular weight excluding hydrogens is 406 g/mol. The lowest BCUT2D eigenvalue weighted by Gasteiger charge is -2.21. The first-order valence-electron chi connectivity index (χ1n) is 7.87. The monoisotopic (exact) mass is 423 g/mol. The minimum absolute atomic E-state index is 0.0389. The molecule has 28 heavy (non-hydrogen) atoms. The number of hydrogen-bond acceptors (Lipinski definition) is 9. The molecule has 2 aromatic rings. The molecule has 0 aliphatic rings. The molecule has 11 heteroatoms. The van der Waals surface area contributed by atoms with Gasteiger partial charge in [0.1, 0.15) is 5.75 Å². The quantitative estimate of drug-likeness (QED) is 0.156. The fourth-order valence-corrected chi connectivity index (χ4v) is 3.84. The van der Waals surface area contributed by atoms with Crippen LogP contribution in [0.25, 0.3) is 0 Å². The van der Waals surface area contributed by atoms with Crippen LogP contribution in [0.5, 0.6) is 28.7 Å². The van der Waals surface area contributed by atoms with Gasteiger partial charge in [0.2, 0.25) is 11.5 Å². The van der Waals surface area contributed by atoms with Crippen molar-refractivity contribution in [3.8, 4) is 34.9 Å². The predicted molar refractivity (Wildman–Crippen MR) is 104 cm³/mol. The number of ether oxygens (including phenoxy) is 3. The number of nitrogens with zero attached hydrogens (tertiary/aromatic N) is 3. The maximum atomic E-state index is 11.1. The first-order chi connectivity index (χ1) is 13.5. The van der Waals surface area contributed by atoms with E-state index in [0.717, 1.165) is 0 Å². The van der Waals surface area contributed by atoms with Crippen LogP contribution < -0.4 is 14.2 Å². The third kappa shape index (κ3) is 4.47. The van der Waals surface area contributed by atoms with E-state index in [1.165, 1.54) is 25.1 Å². The molecule has 0 heterocycles. The molecule has 0 saturated heterocycles. The average molecular weight is 423 g/mol. The van der Waals surface area contributed by atoms with Crippen molar-refractivity contribution >= 4 is 23.7 Å². The Morgan fingerprint density at radius 3 is 2.43 bits per heavy atom. The predicted octanol–water partition coefficient (Wildman–Crippen LogP) is 4.30. The summed E-state index contributed by atoms with van der Waals surface area (Å²) in [6.07, 6.45) is 3.15. The number of hydrazine groups is 1. The van der Waals surface area contributed by atoms with Gasteiger partial charge in [0.15, 0.2) is 16.5 Å². The maximum Gasteiger partial charge on any atom is 0.259 e. The van der Waals surface area contributed by atoms with E-state index >= 15 is 0 Å². The third-order valence-electron chi connectivity index (χ3n) is 3.33. The topological polar surface area (TPSA) is 118 Å². The summed E-state index contributed by atoms with van der Waals surface area (Å²) in [4.78, 5) is 11.5. The summed E-state index contributed by atoms with van der Waals surface area (Å²) in [5.74, 6) is 0.439. The van der Waals surface area contributed by atoms with Crippen molar-refractivity contribution in [1.29, 1.82) is 5.26 Å². The van der Waals surface area contributed by atoms with Crippen LogP contribution in [0.15, 0.2) is 40.1 Å². The standard InChI is InChI=1S/C17H17N3O6S2/c1-4-25-14-13(24-2)12(21)16(28-19(10-18)20(22)23)17(27-3)15(14)26-11-8-6-5-7-9-11/h5-9,21H,4H2,1-3H3. The molecule has 2 aromatic carbocycles. The Morgan fingerprint density at radius 2 is 1.93 bits per heavy atom. The van der Waals surface area contributed by atoms with Gasteiger partial charge in [-0.25, -0.2) is 10.1 Å². The molecule has 0 aliphatic heterocycles. The van der Waals surface area contributed by atoms with Crippen molar-refractivity contribution in [2.75, 3.05) is 20.0 Å². The molecule has 0 spiro atoms. The highest BCUT2D eigenvalue weighted by molar-refractivity contribution is 8.01. The molecule has 1 N–H and O–H groups in total. The van der Waals surface area contributed by atoms with Gasteiger partial charge in [0, 0.05) is 4.41 Å². The van der Waals surface area contributed by atoms with Gasteiger partial charge in [-0.15, -0.1) is 11.8 Å². The molecule has 9 nitrogen and oxygen atoms in total. The lowest BCUT2D eigenvalue weighted by Crippen LogP contribution is -2.16. The molecular formula is C17H17N3O6S2. The number of benzene rings is 2. The molecule has 2 rings (SSSR count). The minimum Gasteiger partial charge on any atom is -0.503 e. The van der Waals surface area contributed by atoms with E-state index in [2.05, 4.69) is 0 Å². The van der Waals surface area contributed by atoms with Crippen LogP contribution in [0.3, 0.4) is 0 Å². The number of rotatable bonds is 9. The number of phenolic OH excluding ortho intramolecular Hbond substituents is 1. The van der Waals surface area contributed by atoms with Gasteiger partial charge in [-0.2, -0.15) is 5.26 Å². The van der Waals surface area contributed by atoms with Crippen LogP contribution in [0.4, 0.5) is 0 Å². The second-order valence-corrected chi connectivity index (χ2v) is 6.71. The van der Waals surface area contributed by atoms with E-state index in [4.69, 9.17) is 19.5 Å². The fraction of sp³-hybridized carbons (Fsp3) is 0.235. The molecule has 0 fully saturated rings. The third-order valence-corrected chi connectivity index (χ3v) is 5.22. The highest BCUT2D eigenvalue weighted by atomic mass is 32.2. The van der Waals surface area contributed by atoms with Crippen LogP contribution in [0.1, 0.15) is 6.92 Å². The zero-order valence-electron chi connectivity index (χ0n) is 15.2. The van der Waals surface area contributed by atoms with E-state index < -0.39 is 5.03 Å². The van der Waals surface area contributed by atoms with E-state index in [9.17, 15) is 15.2 Å². The number of thioether (sulfide) groups is 1. The summed E-state index contributed by atoms with van der Waals surface area (Å²) in [5.41, 5.74) is 0. The molecule has 0 aromatic heterocycles. The summed E-state index contributed by atoms with van der Waals surface area (Å²) in [6, 6.07) is 8.85. The fourth-order valence-electron chi connectivity index (χ4n) is 2.24. The number of nitro groups is 1. The molecule has 148 valence electrons. The summed E-state index contributed by atoms with van der Waals surface area (Å²) in [6.45, 7) is 2.02. The van der Waals surface area contributed by atoms with Crippen molar-refractivity contribution in [2.24, 2.45) is 0 Å². The molecule has 0 radical (unpaired) electrons. The van der Waals surface area contributed by atoms with Crippen molar-refractivity contribution in [1.82, 2.24) is 4.41 Å². The second kappa shape index (κ2) is 9.82. The summed E-state index contributed by atoms with van der Waals surface area (Å²) >= 11 is 1.62. The Balaban J connectivity index is 2.73. The van der Waals surface area contributed by atoms with Gasteiger partial charge in [-0.1, -0.05) is 18.2 Å². The average Bonchev–Trinajstić information content (AvgIpc) is 2.69. The zero-order valence-corrected chi connectivity index (χ0v) is 16.9. The van der Waals surface area contributed by atoms with E-state index in [-0.39, 0.29) is 38.9 Å². The maximum absolute atomic E-state index is 11.1. The molecule has 0 aliphatic carbocycles. The molecule has 0 saturated carbocycles. The normalized spacial score (nSPS) is 10.1. The summed E-state index contributed by atoms with van der Waals surface area (Å²) < 4.78 is 17.1. The first-order valence-corrected chi connectivity index (χ1v) is 9.86. The lowest BCUT2D eigenvalue weighted by atomic mass is 10.2. The van der Waals surface area contributed by atoms with Crippen molar-refractivity contribution in [3.63, 3.8) is 0 Å². The highest BCUT2D eigenvalue weighted by Crippen LogP contribution is 2.56. The number of nitriles is 1. The van der Waals surface area contributed by atoms with Gasteiger partial charge in [-0.3, -0.25) is 0 Å². The van der Waals surface area contributed by atoms with Crippen LogP contribution in [0.2, 0.25) is 0 Å². The Labute approximate surface area is 170 Å². The lowest BCUT2D eigenvalue weighted by molar-refractivity contribution is -0.598. The zero-order chi connectivity index (χ0) is 20.7. The van der Waals surface area contributed by atoms with E-state index in [1.54, 1.807) is 37.4 Å².